The van der Waals surface area contributed by atoms with Crippen molar-refractivity contribution >= 4 is 27.5 Å². The molecule has 0 fully saturated rings. The number of nitrogens with one attached hydrogen (secondary N) is 1. The highest BCUT2D eigenvalue weighted by Gasteiger charge is 2.27. The average molecular weight is 520 g/mol. The predicted molar refractivity (Wildman–Crippen MR) is 141 cm³/mol. The van der Waals surface area contributed by atoms with Gasteiger partial charge in [0, 0.05) is 26.1 Å². The molecule has 1 N–H and O–H groups in total. The summed E-state index contributed by atoms with van der Waals surface area (Å²) < 4.78 is 36.8. The quantitative estimate of drug-likeness (QED) is 0.411. The number of carbonyl (C=O) groups is 2. The molecular formula is C26H37N3O6S. The summed E-state index contributed by atoms with van der Waals surface area (Å²) in [5, 5.41) is 2.85. The minimum absolute atomic E-state index is 0.0721. The molecule has 0 bridgehead atoms. The third-order valence-corrected chi connectivity index (χ3v) is 6.91. The van der Waals surface area contributed by atoms with E-state index in [4.69, 9.17) is 9.47 Å². The van der Waals surface area contributed by atoms with E-state index >= 15 is 0 Å². The molecule has 2 aromatic carbocycles. The van der Waals surface area contributed by atoms with Crippen molar-refractivity contribution in [2.45, 2.75) is 45.7 Å². The first-order valence-electron chi connectivity index (χ1n) is 11.9. The Labute approximate surface area is 214 Å². The van der Waals surface area contributed by atoms with Gasteiger partial charge in [0.15, 0.2) is 0 Å². The maximum Gasteiger partial charge on any atom is 0.242 e. The third-order valence-electron chi connectivity index (χ3n) is 5.73. The van der Waals surface area contributed by atoms with Crippen LogP contribution in [0.4, 0.5) is 5.69 Å². The Kier molecular flexibility index (Phi) is 11.0. The van der Waals surface area contributed by atoms with Crippen LogP contribution in [-0.2, 0) is 26.2 Å². The van der Waals surface area contributed by atoms with Crippen molar-refractivity contribution < 1.29 is 27.5 Å². The smallest absolute Gasteiger partial charge is 0.242 e. The Morgan fingerprint density at radius 1 is 1.03 bits per heavy atom. The molecule has 1 atom stereocenters. The van der Waals surface area contributed by atoms with Crippen molar-refractivity contribution in [1.82, 2.24) is 10.2 Å². The van der Waals surface area contributed by atoms with E-state index < -0.39 is 16.1 Å². The first-order chi connectivity index (χ1) is 17.1. The van der Waals surface area contributed by atoms with Gasteiger partial charge >= 0.3 is 0 Å². The zero-order valence-corrected chi connectivity index (χ0v) is 22.5. The standard InChI is InChI=1S/C26H37N3O6S/c1-6-17-27-26(31)20(2)28(19-21-13-15-22(34-3)16-14-21)25(30)12-9-18-29(36(5,32)33)23-10-7-8-11-24(23)35-4/h7-8,10-11,13-16,20H,6,9,12,17-19H2,1-5H3,(H,27,31)/t20-/m1/s1. The van der Waals surface area contributed by atoms with Crippen LogP contribution in [0.1, 0.15) is 38.7 Å². The van der Waals surface area contributed by atoms with Gasteiger partial charge in [-0.1, -0.05) is 31.2 Å². The molecule has 0 unspecified atom stereocenters. The number of ether oxygens (including phenoxy) is 2. The van der Waals surface area contributed by atoms with Crippen LogP contribution in [0.2, 0.25) is 0 Å². The van der Waals surface area contributed by atoms with Gasteiger partial charge in [-0.05, 0) is 49.6 Å². The topological polar surface area (TPSA) is 105 Å². The van der Waals surface area contributed by atoms with Crippen LogP contribution in [-0.4, -0.2) is 64.7 Å². The second-order valence-corrected chi connectivity index (χ2v) is 10.4. The number of sulfonamides is 1. The second kappa shape index (κ2) is 13.7. The average Bonchev–Trinajstić information content (AvgIpc) is 2.87. The number of methoxy groups -OCH3 is 2. The van der Waals surface area contributed by atoms with Crippen molar-refractivity contribution in [3.63, 3.8) is 0 Å². The van der Waals surface area contributed by atoms with E-state index in [2.05, 4.69) is 5.32 Å². The van der Waals surface area contributed by atoms with Crippen molar-refractivity contribution in [3.05, 3.63) is 54.1 Å². The highest BCUT2D eigenvalue weighted by atomic mass is 32.2. The first-order valence-corrected chi connectivity index (χ1v) is 13.8. The van der Waals surface area contributed by atoms with Crippen LogP contribution < -0.4 is 19.1 Å². The van der Waals surface area contributed by atoms with E-state index in [9.17, 15) is 18.0 Å². The monoisotopic (exact) mass is 519 g/mol. The molecule has 9 nitrogen and oxygen atoms in total. The first kappa shape index (κ1) is 29.0. The SMILES string of the molecule is CCCNC(=O)[C@@H](C)N(Cc1ccc(OC)cc1)C(=O)CCCN(c1ccccc1OC)S(C)(=O)=O. The van der Waals surface area contributed by atoms with Crippen LogP contribution in [0.5, 0.6) is 11.5 Å². The second-order valence-electron chi connectivity index (χ2n) is 8.45. The van der Waals surface area contributed by atoms with Gasteiger partial charge in [-0.25, -0.2) is 8.42 Å². The van der Waals surface area contributed by atoms with Crippen LogP contribution in [0.3, 0.4) is 0 Å². The third kappa shape index (κ3) is 8.15. The number of nitrogens with zero attached hydrogens (tertiary/aromatic N) is 2. The summed E-state index contributed by atoms with van der Waals surface area (Å²) in [6.45, 7) is 4.52. The molecule has 0 aromatic heterocycles. The van der Waals surface area contributed by atoms with Gasteiger partial charge in [0.2, 0.25) is 21.8 Å². The number of carbonyl (C=O) groups excluding carboxylic acids is 2. The fraction of sp³-hybridized carbons (Fsp3) is 0.462. The molecule has 0 aliphatic heterocycles. The maximum atomic E-state index is 13.3. The Hall–Kier alpha value is -3.27. The molecular weight excluding hydrogens is 482 g/mol. The number of anilines is 1. The zero-order chi connectivity index (χ0) is 26.7. The van der Waals surface area contributed by atoms with Gasteiger partial charge in [0.05, 0.1) is 26.2 Å². The lowest BCUT2D eigenvalue weighted by Gasteiger charge is -2.29. The molecule has 2 rings (SSSR count). The van der Waals surface area contributed by atoms with Crippen LogP contribution in [0, 0.1) is 0 Å². The zero-order valence-electron chi connectivity index (χ0n) is 21.7. The lowest BCUT2D eigenvalue weighted by atomic mass is 10.1. The minimum Gasteiger partial charge on any atom is -0.497 e. The van der Waals surface area contributed by atoms with Gasteiger partial charge in [-0.15, -0.1) is 0 Å². The number of benzene rings is 2. The Morgan fingerprint density at radius 3 is 2.28 bits per heavy atom. The molecule has 2 amide bonds. The van der Waals surface area contributed by atoms with Gasteiger partial charge in [0.1, 0.15) is 17.5 Å². The molecule has 10 heteroatoms. The number of rotatable bonds is 14. The van der Waals surface area contributed by atoms with E-state index in [1.165, 1.54) is 16.3 Å². The molecule has 0 saturated carbocycles. The molecule has 0 aliphatic rings. The van der Waals surface area contributed by atoms with Crippen molar-refractivity contribution in [1.29, 1.82) is 0 Å². The highest BCUT2D eigenvalue weighted by molar-refractivity contribution is 7.92. The number of para-hydroxylation sites is 2. The summed E-state index contributed by atoms with van der Waals surface area (Å²) in [6, 6.07) is 13.5. The van der Waals surface area contributed by atoms with Crippen LogP contribution in [0.25, 0.3) is 0 Å². The molecule has 0 saturated heterocycles. The van der Waals surface area contributed by atoms with Crippen LogP contribution >= 0.6 is 0 Å². The van der Waals surface area contributed by atoms with E-state index in [0.717, 1.165) is 18.2 Å². The summed E-state index contributed by atoms with van der Waals surface area (Å²) in [5.41, 5.74) is 1.27. The summed E-state index contributed by atoms with van der Waals surface area (Å²) in [6.07, 6.45) is 2.25. The minimum atomic E-state index is -3.61. The Bertz CT molecular complexity index is 1100. The lowest BCUT2D eigenvalue weighted by Crippen LogP contribution is -2.47. The van der Waals surface area contributed by atoms with E-state index in [-0.39, 0.29) is 37.7 Å². The van der Waals surface area contributed by atoms with Gasteiger partial charge in [-0.2, -0.15) is 0 Å². The normalized spacial score (nSPS) is 11.9. The Balaban J connectivity index is 2.18. The summed E-state index contributed by atoms with van der Waals surface area (Å²) >= 11 is 0. The summed E-state index contributed by atoms with van der Waals surface area (Å²) in [7, 11) is -0.555. The molecule has 36 heavy (non-hydrogen) atoms. The fourth-order valence-electron chi connectivity index (χ4n) is 3.72. The fourth-order valence-corrected chi connectivity index (χ4v) is 4.69. The van der Waals surface area contributed by atoms with E-state index in [1.54, 1.807) is 50.4 Å². The largest absolute Gasteiger partial charge is 0.497 e. The molecule has 0 radical (unpaired) electrons. The molecule has 0 aliphatic carbocycles. The van der Waals surface area contributed by atoms with Gasteiger partial charge in [0.25, 0.3) is 0 Å². The molecule has 0 heterocycles. The molecule has 2 aromatic rings. The van der Waals surface area contributed by atoms with E-state index in [1.807, 2.05) is 19.1 Å². The number of amides is 2. The maximum absolute atomic E-state index is 13.3. The Morgan fingerprint density at radius 2 is 1.69 bits per heavy atom. The summed E-state index contributed by atoms with van der Waals surface area (Å²) in [5.74, 6) is 0.656. The van der Waals surface area contributed by atoms with Gasteiger partial charge < -0.3 is 19.7 Å². The lowest BCUT2D eigenvalue weighted by molar-refractivity contribution is -0.140. The van der Waals surface area contributed by atoms with Crippen LogP contribution in [0.15, 0.2) is 48.5 Å². The van der Waals surface area contributed by atoms with Gasteiger partial charge in [-0.3, -0.25) is 13.9 Å². The predicted octanol–water partition coefficient (Wildman–Crippen LogP) is 3.19. The number of hydrogen-bond donors (Lipinski definition) is 1. The highest BCUT2D eigenvalue weighted by Crippen LogP contribution is 2.29. The molecule has 198 valence electrons. The summed E-state index contributed by atoms with van der Waals surface area (Å²) in [4.78, 5) is 27.5. The van der Waals surface area contributed by atoms with Crippen molar-refractivity contribution in [3.8, 4) is 11.5 Å². The number of hydrogen-bond acceptors (Lipinski definition) is 6. The van der Waals surface area contributed by atoms with E-state index in [0.29, 0.717) is 23.7 Å². The van der Waals surface area contributed by atoms with Crippen molar-refractivity contribution in [2.75, 3.05) is 37.9 Å². The molecule has 0 spiro atoms. The van der Waals surface area contributed by atoms with Crippen molar-refractivity contribution in [2.24, 2.45) is 0 Å².